The van der Waals surface area contributed by atoms with Crippen molar-refractivity contribution >= 4 is 40.5 Å². The van der Waals surface area contributed by atoms with Gasteiger partial charge >= 0.3 is 5.97 Å². The van der Waals surface area contributed by atoms with Crippen LogP contribution in [0, 0.1) is 0 Å². The van der Waals surface area contributed by atoms with Crippen molar-refractivity contribution in [2.75, 3.05) is 11.9 Å². The molecule has 2 aromatic rings. The summed E-state index contributed by atoms with van der Waals surface area (Å²) in [7, 11) is 0. The van der Waals surface area contributed by atoms with Crippen molar-refractivity contribution in [3.63, 3.8) is 0 Å². The zero-order chi connectivity index (χ0) is 15.2. The quantitative estimate of drug-likeness (QED) is 0.838. The SMILES string of the molecule is CCCOC(=O)c1ccc(NC(=O)c2ccc(Cl)s2)cc1. The van der Waals surface area contributed by atoms with Crippen LogP contribution in [0.3, 0.4) is 0 Å². The summed E-state index contributed by atoms with van der Waals surface area (Å²) in [6.45, 7) is 2.33. The lowest BCUT2D eigenvalue weighted by Crippen LogP contribution is -2.10. The molecule has 1 aromatic carbocycles. The number of hydrogen-bond donors (Lipinski definition) is 1. The Morgan fingerprint density at radius 2 is 1.90 bits per heavy atom. The van der Waals surface area contributed by atoms with Gasteiger partial charge in [0, 0.05) is 5.69 Å². The molecular formula is C15H14ClNO3S. The average molecular weight is 324 g/mol. The first-order valence-corrected chi connectivity index (χ1v) is 7.63. The number of benzene rings is 1. The molecule has 0 saturated heterocycles. The summed E-state index contributed by atoms with van der Waals surface area (Å²) in [5, 5.41) is 2.74. The van der Waals surface area contributed by atoms with E-state index in [1.807, 2.05) is 6.92 Å². The Hall–Kier alpha value is -1.85. The number of carbonyl (C=O) groups is 2. The van der Waals surface area contributed by atoms with E-state index in [0.717, 1.165) is 6.42 Å². The summed E-state index contributed by atoms with van der Waals surface area (Å²) < 4.78 is 5.60. The Kier molecular flexibility index (Phi) is 5.36. The van der Waals surface area contributed by atoms with Gasteiger partial charge in [0.05, 0.1) is 21.4 Å². The number of carbonyl (C=O) groups excluding carboxylic acids is 2. The highest BCUT2D eigenvalue weighted by molar-refractivity contribution is 7.18. The van der Waals surface area contributed by atoms with Gasteiger partial charge in [-0.15, -0.1) is 11.3 Å². The van der Waals surface area contributed by atoms with Crippen LogP contribution >= 0.6 is 22.9 Å². The molecule has 1 aromatic heterocycles. The Morgan fingerprint density at radius 1 is 1.19 bits per heavy atom. The molecule has 0 radical (unpaired) electrons. The van der Waals surface area contributed by atoms with Crippen molar-refractivity contribution in [3.05, 3.63) is 51.2 Å². The highest BCUT2D eigenvalue weighted by Gasteiger charge is 2.10. The second-order valence-electron chi connectivity index (χ2n) is 4.27. The minimum absolute atomic E-state index is 0.229. The first kappa shape index (κ1) is 15.5. The molecule has 1 heterocycles. The number of hydrogen-bond acceptors (Lipinski definition) is 4. The number of esters is 1. The van der Waals surface area contributed by atoms with Crippen molar-refractivity contribution in [2.24, 2.45) is 0 Å². The molecule has 0 aliphatic rings. The number of ether oxygens (including phenoxy) is 1. The topological polar surface area (TPSA) is 55.4 Å². The summed E-state index contributed by atoms with van der Waals surface area (Å²) in [4.78, 5) is 24.1. The van der Waals surface area contributed by atoms with E-state index < -0.39 is 0 Å². The predicted octanol–water partition coefficient (Wildman–Crippen LogP) is 4.22. The molecule has 0 saturated carbocycles. The highest BCUT2D eigenvalue weighted by Crippen LogP contribution is 2.22. The van der Waals surface area contributed by atoms with Crippen LogP contribution in [0.25, 0.3) is 0 Å². The van der Waals surface area contributed by atoms with E-state index in [1.54, 1.807) is 36.4 Å². The van der Waals surface area contributed by atoms with Crippen LogP contribution in [0.2, 0.25) is 4.34 Å². The predicted molar refractivity (Wildman–Crippen MR) is 84.3 cm³/mol. The molecular weight excluding hydrogens is 310 g/mol. The van der Waals surface area contributed by atoms with Crippen molar-refractivity contribution < 1.29 is 14.3 Å². The fourth-order valence-corrected chi connectivity index (χ4v) is 2.54. The average Bonchev–Trinajstić information content (AvgIpc) is 2.92. The molecule has 110 valence electrons. The molecule has 1 amide bonds. The van der Waals surface area contributed by atoms with Gasteiger partial charge < -0.3 is 10.1 Å². The Balaban J connectivity index is 1.99. The summed E-state index contributed by atoms with van der Waals surface area (Å²) in [6, 6.07) is 9.90. The summed E-state index contributed by atoms with van der Waals surface area (Å²) in [5.41, 5.74) is 1.07. The molecule has 0 bridgehead atoms. The van der Waals surface area contributed by atoms with Crippen LogP contribution in [0.5, 0.6) is 0 Å². The van der Waals surface area contributed by atoms with Crippen molar-refractivity contribution in [1.82, 2.24) is 0 Å². The third-order valence-electron chi connectivity index (χ3n) is 2.61. The zero-order valence-corrected chi connectivity index (χ0v) is 13.0. The lowest BCUT2D eigenvalue weighted by molar-refractivity contribution is 0.0505. The molecule has 0 aliphatic heterocycles. The Bertz CT molecular complexity index is 637. The zero-order valence-electron chi connectivity index (χ0n) is 11.4. The van der Waals surface area contributed by atoms with Gasteiger partial charge in [0.1, 0.15) is 0 Å². The second-order valence-corrected chi connectivity index (χ2v) is 5.99. The summed E-state index contributed by atoms with van der Waals surface area (Å²) in [6.07, 6.45) is 0.781. The molecule has 0 aliphatic carbocycles. The van der Waals surface area contributed by atoms with E-state index in [4.69, 9.17) is 16.3 Å². The van der Waals surface area contributed by atoms with Crippen LogP contribution in [0.15, 0.2) is 36.4 Å². The molecule has 4 nitrogen and oxygen atoms in total. The van der Waals surface area contributed by atoms with Crippen LogP contribution in [-0.2, 0) is 4.74 Å². The van der Waals surface area contributed by atoms with Gasteiger partial charge in [0.2, 0.25) is 0 Å². The van der Waals surface area contributed by atoms with Gasteiger partial charge in [-0.1, -0.05) is 18.5 Å². The van der Waals surface area contributed by atoms with Crippen LogP contribution < -0.4 is 5.32 Å². The van der Waals surface area contributed by atoms with Crippen LogP contribution in [0.4, 0.5) is 5.69 Å². The maximum Gasteiger partial charge on any atom is 0.338 e. The third kappa shape index (κ3) is 4.31. The summed E-state index contributed by atoms with van der Waals surface area (Å²) in [5.74, 6) is -0.590. The molecule has 0 unspecified atom stereocenters. The standard InChI is InChI=1S/C15H14ClNO3S/c1-2-9-20-15(19)10-3-5-11(6-4-10)17-14(18)12-7-8-13(16)21-12/h3-8H,2,9H2,1H3,(H,17,18). The largest absolute Gasteiger partial charge is 0.462 e. The number of thiophene rings is 1. The van der Waals surface area contributed by atoms with Crippen LogP contribution in [-0.4, -0.2) is 18.5 Å². The monoisotopic (exact) mass is 323 g/mol. The Morgan fingerprint density at radius 3 is 2.48 bits per heavy atom. The molecule has 0 fully saturated rings. The van der Waals surface area contributed by atoms with Gasteiger partial charge in [-0.25, -0.2) is 4.79 Å². The first-order chi connectivity index (χ1) is 10.1. The van der Waals surface area contributed by atoms with E-state index in [2.05, 4.69) is 5.32 Å². The molecule has 1 N–H and O–H groups in total. The number of rotatable bonds is 5. The molecule has 21 heavy (non-hydrogen) atoms. The van der Waals surface area contributed by atoms with Gasteiger partial charge in [0.15, 0.2) is 0 Å². The lowest BCUT2D eigenvalue weighted by atomic mass is 10.2. The van der Waals surface area contributed by atoms with Gasteiger partial charge in [-0.2, -0.15) is 0 Å². The Labute approximate surface area is 131 Å². The second kappa shape index (κ2) is 7.24. The molecule has 0 spiro atoms. The number of nitrogens with one attached hydrogen (secondary N) is 1. The number of amides is 1. The van der Waals surface area contributed by atoms with Crippen molar-refractivity contribution in [2.45, 2.75) is 13.3 Å². The number of anilines is 1. The van der Waals surface area contributed by atoms with E-state index in [9.17, 15) is 9.59 Å². The van der Waals surface area contributed by atoms with Crippen molar-refractivity contribution in [3.8, 4) is 0 Å². The number of halogens is 1. The first-order valence-electron chi connectivity index (χ1n) is 6.44. The van der Waals surface area contributed by atoms with E-state index in [0.29, 0.717) is 27.1 Å². The van der Waals surface area contributed by atoms with E-state index >= 15 is 0 Å². The summed E-state index contributed by atoms with van der Waals surface area (Å²) >= 11 is 7.00. The normalized spacial score (nSPS) is 10.2. The van der Waals surface area contributed by atoms with Crippen molar-refractivity contribution in [1.29, 1.82) is 0 Å². The lowest BCUT2D eigenvalue weighted by Gasteiger charge is -2.06. The molecule has 6 heteroatoms. The maximum atomic E-state index is 11.9. The fraction of sp³-hybridized carbons (Fsp3) is 0.200. The van der Waals surface area contributed by atoms with Gasteiger partial charge in [-0.3, -0.25) is 4.79 Å². The van der Waals surface area contributed by atoms with E-state index in [-0.39, 0.29) is 11.9 Å². The smallest absolute Gasteiger partial charge is 0.338 e. The molecule has 0 atom stereocenters. The van der Waals surface area contributed by atoms with E-state index in [1.165, 1.54) is 11.3 Å². The van der Waals surface area contributed by atoms with Gasteiger partial charge in [0.25, 0.3) is 5.91 Å². The minimum Gasteiger partial charge on any atom is -0.462 e. The fourth-order valence-electron chi connectivity index (χ4n) is 1.60. The minimum atomic E-state index is -0.361. The van der Waals surface area contributed by atoms with Crippen LogP contribution in [0.1, 0.15) is 33.4 Å². The third-order valence-corrected chi connectivity index (χ3v) is 3.84. The highest BCUT2D eigenvalue weighted by atomic mass is 35.5. The molecule has 2 rings (SSSR count). The van der Waals surface area contributed by atoms with Gasteiger partial charge in [-0.05, 0) is 42.8 Å². The maximum absolute atomic E-state index is 11.9.